The van der Waals surface area contributed by atoms with Gasteiger partial charge >= 0.3 is 11.9 Å². The minimum absolute atomic E-state index is 0. The summed E-state index contributed by atoms with van der Waals surface area (Å²) in [5.41, 5.74) is 3.88. The highest BCUT2D eigenvalue weighted by Gasteiger charge is 2.20. The molecule has 0 aliphatic rings. The first-order valence-corrected chi connectivity index (χ1v) is 19.0. The van der Waals surface area contributed by atoms with Gasteiger partial charge < -0.3 is 21.7 Å². The predicted molar refractivity (Wildman–Crippen MR) is 226 cm³/mol. The van der Waals surface area contributed by atoms with Crippen molar-refractivity contribution >= 4 is 90.9 Å². The van der Waals surface area contributed by atoms with Crippen LogP contribution in [0.4, 0.5) is 11.4 Å². The number of halogens is 1. The number of thioether (sulfide) groups is 2. The zero-order valence-corrected chi connectivity index (χ0v) is 33.9. The summed E-state index contributed by atoms with van der Waals surface area (Å²) in [6, 6.07) is 39.1. The SMILES string of the molecule is CCOC(=O)C(C)SC(=S)Cl.CCOC(=O)C(C)SC(=S)ON(Cc1ccccc1)c1ccccc1.ON(Cc1ccccc1)c1ccccc1.[CH3-]. The van der Waals surface area contributed by atoms with Crippen LogP contribution in [0.25, 0.3) is 0 Å². The molecule has 4 aromatic carbocycles. The lowest BCUT2D eigenvalue weighted by Gasteiger charge is -2.25. The van der Waals surface area contributed by atoms with Crippen LogP contribution in [-0.2, 0) is 37.0 Å². The summed E-state index contributed by atoms with van der Waals surface area (Å²) in [5.74, 6) is -0.576. The van der Waals surface area contributed by atoms with Gasteiger partial charge in [0.05, 0.1) is 37.7 Å². The summed E-state index contributed by atoms with van der Waals surface area (Å²) in [6.07, 6.45) is 0. The Morgan fingerprint density at radius 1 is 0.673 bits per heavy atom. The molecule has 280 valence electrons. The molecule has 13 heteroatoms. The number of thiocarbonyl (C=S) groups is 2. The van der Waals surface area contributed by atoms with Crippen LogP contribution in [0.2, 0.25) is 0 Å². The fourth-order valence-corrected chi connectivity index (χ4v) is 6.36. The number of hydroxylamine groups is 2. The Hall–Kier alpha value is -3.65. The molecule has 0 heterocycles. The highest BCUT2D eigenvalue weighted by molar-refractivity contribution is 8.27. The van der Waals surface area contributed by atoms with Crippen molar-refractivity contribution in [2.45, 2.75) is 51.3 Å². The minimum atomic E-state index is -0.415. The lowest BCUT2D eigenvalue weighted by atomic mass is 10.2. The smallest absolute Gasteiger partial charge is 0.319 e. The number of para-hydroxylation sites is 2. The van der Waals surface area contributed by atoms with E-state index in [9.17, 15) is 14.8 Å². The first-order chi connectivity index (χ1) is 24.5. The zero-order valence-electron chi connectivity index (χ0n) is 29.9. The Labute approximate surface area is 332 Å². The third-order valence-corrected chi connectivity index (χ3v) is 8.87. The molecule has 0 saturated heterocycles. The molecule has 0 radical (unpaired) electrons. The number of carbonyl (C=O) groups is 2. The molecule has 52 heavy (non-hydrogen) atoms. The van der Waals surface area contributed by atoms with Crippen LogP contribution < -0.4 is 10.1 Å². The highest BCUT2D eigenvalue weighted by atomic mass is 35.5. The molecule has 0 aliphatic heterocycles. The van der Waals surface area contributed by atoms with E-state index in [1.54, 1.807) is 32.8 Å². The average molecular weight is 803 g/mol. The van der Waals surface area contributed by atoms with E-state index >= 15 is 0 Å². The van der Waals surface area contributed by atoms with E-state index < -0.39 is 5.25 Å². The normalized spacial score (nSPS) is 11.0. The molecule has 2 atom stereocenters. The van der Waals surface area contributed by atoms with Crippen molar-refractivity contribution in [2.24, 2.45) is 0 Å². The monoisotopic (exact) mass is 801 g/mol. The van der Waals surface area contributed by atoms with Crippen molar-refractivity contribution in [1.29, 1.82) is 0 Å². The van der Waals surface area contributed by atoms with Crippen molar-refractivity contribution in [2.75, 3.05) is 23.3 Å². The number of anilines is 2. The molecule has 0 bridgehead atoms. The van der Waals surface area contributed by atoms with Crippen LogP contribution in [0.15, 0.2) is 121 Å². The summed E-state index contributed by atoms with van der Waals surface area (Å²) in [5, 5.41) is 12.1. The van der Waals surface area contributed by atoms with Gasteiger partial charge in [-0.1, -0.05) is 144 Å². The van der Waals surface area contributed by atoms with Crippen LogP contribution in [0.1, 0.15) is 38.8 Å². The number of carbonyl (C=O) groups excluding carboxylic acids is 2. The van der Waals surface area contributed by atoms with Crippen molar-refractivity contribution in [3.63, 3.8) is 0 Å². The number of ether oxygens (including phenoxy) is 2. The molecule has 4 rings (SSSR count). The average Bonchev–Trinajstić information content (AvgIpc) is 3.13. The van der Waals surface area contributed by atoms with Gasteiger partial charge in [-0.25, -0.2) is 5.06 Å². The molecule has 0 amide bonds. The fourth-order valence-electron chi connectivity index (χ4n) is 3.98. The Bertz CT molecular complexity index is 1590. The molecule has 0 saturated carbocycles. The van der Waals surface area contributed by atoms with Gasteiger partial charge in [-0.3, -0.25) is 19.9 Å². The first-order valence-electron chi connectivity index (χ1n) is 16.0. The summed E-state index contributed by atoms with van der Waals surface area (Å²) in [7, 11) is 0. The lowest BCUT2D eigenvalue weighted by molar-refractivity contribution is -0.142. The molecule has 0 aromatic heterocycles. The Morgan fingerprint density at radius 3 is 1.48 bits per heavy atom. The van der Waals surface area contributed by atoms with Gasteiger partial charge in [-0.05, 0) is 75.3 Å². The molecule has 8 nitrogen and oxygen atoms in total. The molecule has 0 aliphatic carbocycles. The van der Waals surface area contributed by atoms with E-state index in [1.807, 2.05) is 121 Å². The molecule has 2 unspecified atom stereocenters. The predicted octanol–water partition coefficient (Wildman–Crippen LogP) is 10.3. The third-order valence-electron chi connectivity index (χ3n) is 6.41. The molecule has 4 aromatic rings. The Morgan fingerprint density at radius 2 is 1.06 bits per heavy atom. The van der Waals surface area contributed by atoms with Crippen molar-refractivity contribution in [3.8, 4) is 0 Å². The van der Waals surface area contributed by atoms with Crippen LogP contribution in [0, 0.1) is 7.43 Å². The van der Waals surface area contributed by atoms with Gasteiger partial charge in [0.25, 0.3) is 4.38 Å². The number of hydrogen-bond acceptors (Lipinski definition) is 12. The summed E-state index contributed by atoms with van der Waals surface area (Å²) >= 11 is 17.6. The Balaban J connectivity index is 0.000000426. The van der Waals surface area contributed by atoms with E-state index in [-0.39, 0.29) is 32.7 Å². The largest absolute Gasteiger partial charge is 0.465 e. The number of esters is 2. The Kier molecular flexibility index (Phi) is 24.1. The van der Waals surface area contributed by atoms with Crippen molar-refractivity contribution < 1.29 is 29.1 Å². The number of nitrogens with zero attached hydrogens (tertiary/aromatic N) is 2. The third kappa shape index (κ3) is 19.3. The van der Waals surface area contributed by atoms with Gasteiger partial charge in [-0.15, -0.1) is 0 Å². The molecule has 1 N–H and O–H groups in total. The zero-order chi connectivity index (χ0) is 37.4. The summed E-state index contributed by atoms with van der Waals surface area (Å²) in [6.45, 7) is 8.78. The van der Waals surface area contributed by atoms with Gasteiger partial charge in [0, 0.05) is 0 Å². The van der Waals surface area contributed by atoms with E-state index in [1.165, 1.54) is 16.8 Å². The number of rotatable bonds is 13. The second-order valence-electron chi connectivity index (χ2n) is 10.3. The quantitative estimate of drug-likeness (QED) is 0.0459. The maximum atomic E-state index is 11.8. The van der Waals surface area contributed by atoms with Crippen LogP contribution >= 0.6 is 59.6 Å². The maximum Gasteiger partial charge on any atom is 0.319 e. The van der Waals surface area contributed by atoms with Gasteiger partial charge in [0.15, 0.2) is 0 Å². The van der Waals surface area contributed by atoms with Gasteiger partial charge in [0.2, 0.25) is 0 Å². The van der Waals surface area contributed by atoms with Crippen LogP contribution in [0.5, 0.6) is 0 Å². The standard InChI is InChI=1S/C19H21NO3S2.C13H13NO.C6H9ClO2S2.CH3/c1-3-22-18(21)15(2)25-19(24)23-20(17-12-8-5-9-13-17)14-16-10-6-4-7-11-16;15-14(13-9-5-2-6-10-13)11-12-7-3-1-4-8-12;1-3-9-5(8)4(2)11-6(7)10;/h4-13,15H,3,14H2,1-2H3;1-10,15H,11H2;4H,3H2,1-2H3;1H3/q;;;-1. The summed E-state index contributed by atoms with van der Waals surface area (Å²) < 4.78 is 10.2. The second kappa shape index (κ2) is 27.0. The van der Waals surface area contributed by atoms with E-state index in [4.69, 9.17) is 38.1 Å². The molecular weight excluding hydrogens is 756 g/mol. The molecule has 0 fully saturated rings. The number of hydrogen-bond donors (Lipinski definition) is 1. The number of benzene rings is 4. The maximum absolute atomic E-state index is 11.8. The topological polar surface area (TPSA) is 88.5 Å². The van der Waals surface area contributed by atoms with Gasteiger partial charge in [-0.2, -0.15) is 0 Å². The van der Waals surface area contributed by atoms with E-state index in [0.717, 1.165) is 34.3 Å². The van der Waals surface area contributed by atoms with Gasteiger partial charge in [0.1, 0.15) is 14.2 Å². The van der Waals surface area contributed by atoms with E-state index in [2.05, 4.69) is 12.2 Å². The van der Waals surface area contributed by atoms with Crippen LogP contribution in [-0.4, -0.2) is 48.9 Å². The second-order valence-corrected chi connectivity index (χ2v) is 15.1. The highest BCUT2D eigenvalue weighted by Crippen LogP contribution is 2.23. The lowest BCUT2D eigenvalue weighted by Crippen LogP contribution is -2.27. The van der Waals surface area contributed by atoms with Crippen LogP contribution in [0.3, 0.4) is 0 Å². The fraction of sp³-hybridized carbons (Fsp3) is 0.256. The van der Waals surface area contributed by atoms with Crippen molar-refractivity contribution in [1.82, 2.24) is 0 Å². The molecule has 0 spiro atoms. The first kappa shape index (κ1) is 46.4. The summed E-state index contributed by atoms with van der Waals surface area (Å²) in [4.78, 5) is 28.5. The molecular formula is C39H46ClN2O6S4-. The minimum Gasteiger partial charge on any atom is -0.465 e. The van der Waals surface area contributed by atoms with Crippen molar-refractivity contribution in [3.05, 3.63) is 140 Å². The van der Waals surface area contributed by atoms with E-state index in [0.29, 0.717) is 26.3 Å².